The van der Waals surface area contributed by atoms with Gasteiger partial charge in [-0.15, -0.1) is 0 Å². The third-order valence-electron chi connectivity index (χ3n) is 4.64. The average Bonchev–Trinajstić information content (AvgIpc) is 3.08. The summed E-state index contributed by atoms with van der Waals surface area (Å²) in [7, 11) is 0. The van der Waals surface area contributed by atoms with Gasteiger partial charge < -0.3 is 19.2 Å². The summed E-state index contributed by atoms with van der Waals surface area (Å²) >= 11 is 0. The number of amides is 1. The highest BCUT2D eigenvalue weighted by molar-refractivity contribution is 5.92. The monoisotopic (exact) mass is 362 g/mol. The molecular weight excluding hydrogens is 339 g/mol. The number of carbonyl (C=O) groups is 1. The van der Waals surface area contributed by atoms with Crippen molar-refractivity contribution in [3.8, 4) is 5.75 Å². The van der Waals surface area contributed by atoms with Crippen molar-refractivity contribution in [3.05, 3.63) is 47.9 Å². The summed E-state index contributed by atoms with van der Waals surface area (Å²) in [5.74, 6) is 0.0219. The third-order valence-corrected chi connectivity index (χ3v) is 4.64. The topological polar surface area (TPSA) is 75.8 Å². The van der Waals surface area contributed by atoms with Crippen molar-refractivity contribution >= 4 is 5.91 Å². The van der Waals surface area contributed by atoms with E-state index in [-0.39, 0.29) is 30.0 Å². The lowest BCUT2D eigenvalue weighted by molar-refractivity contribution is -0.0147. The smallest absolute Gasteiger partial charge is 0.275 e. The lowest BCUT2D eigenvalue weighted by Crippen LogP contribution is -2.47. The molecule has 0 aliphatic carbocycles. The normalized spacial score (nSPS) is 18.0. The summed E-state index contributed by atoms with van der Waals surface area (Å²) in [6.45, 7) is 4.66. The number of oxazole rings is 1. The Kier molecular flexibility index (Phi) is 5.27. The molecule has 1 aliphatic rings. The van der Waals surface area contributed by atoms with Gasteiger partial charge in [-0.05, 0) is 38.8 Å². The lowest BCUT2D eigenvalue weighted by Gasteiger charge is -2.38. The molecule has 2 heterocycles. The maximum atomic E-state index is 13.1. The molecule has 6 nitrogen and oxygen atoms in total. The van der Waals surface area contributed by atoms with Crippen molar-refractivity contribution in [2.24, 2.45) is 5.92 Å². The molecule has 0 radical (unpaired) electrons. The Labute approximate surface area is 151 Å². The summed E-state index contributed by atoms with van der Waals surface area (Å²) in [6, 6.07) is 5.76. The standard InChI is InChI=1S/C19H23FN2O4/c1-19(2,24)13-5-4-8-22(10-13)18(23)16-11-26-17(21-16)12-25-15-7-3-6-14(20)9-15/h3,6-7,9,11,13,24H,4-5,8,10,12H2,1-2H3/t13-/m1/s1. The van der Waals surface area contributed by atoms with Gasteiger partial charge in [0.05, 0.1) is 5.60 Å². The van der Waals surface area contributed by atoms with Gasteiger partial charge in [-0.1, -0.05) is 6.07 Å². The molecule has 1 atom stereocenters. The van der Waals surface area contributed by atoms with E-state index in [1.807, 2.05) is 0 Å². The molecule has 0 saturated carbocycles. The Balaban J connectivity index is 1.61. The first-order valence-electron chi connectivity index (χ1n) is 8.67. The van der Waals surface area contributed by atoms with Crippen LogP contribution in [-0.4, -0.2) is 39.6 Å². The third kappa shape index (κ3) is 4.40. The van der Waals surface area contributed by atoms with Crippen molar-refractivity contribution in [2.75, 3.05) is 13.1 Å². The Bertz CT molecular complexity index is 769. The SMILES string of the molecule is CC(C)(O)[C@@H]1CCCN(C(=O)c2coc(COc3cccc(F)c3)n2)C1. The predicted molar refractivity (Wildman–Crippen MR) is 92.2 cm³/mol. The van der Waals surface area contributed by atoms with Crippen molar-refractivity contribution in [1.29, 1.82) is 0 Å². The maximum absolute atomic E-state index is 13.1. The number of hydrogen-bond acceptors (Lipinski definition) is 5. The van der Waals surface area contributed by atoms with E-state index in [4.69, 9.17) is 9.15 Å². The number of ether oxygens (including phenoxy) is 1. The molecule has 26 heavy (non-hydrogen) atoms. The first-order chi connectivity index (χ1) is 12.3. The van der Waals surface area contributed by atoms with Crippen molar-refractivity contribution < 1.29 is 23.4 Å². The summed E-state index contributed by atoms with van der Waals surface area (Å²) in [5.41, 5.74) is -0.619. The van der Waals surface area contributed by atoms with Crippen LogP contribution in [0.15, 0.2) is 34.9 Å². The first-order valence-corrected chi connectivity index (χ1v) is 8.67. The van der Waals surface area contributed by atoms with E-state index in [9.17, 15) is 14.3 Å². The van der Waals surface area contributed by atoms with E-state index in [1.165, 1.54) is 18.4 Å². The zero-order valence-corrected chi connectivity index (χ0v) is 14.9. The second kappa shape index (κ2) is 7.45. The molecule has 1 aliphatic heterocycles. The van der Waals surface area contributed by atoms with Crippen LogP contribution >= 0.6 is 0 Å². The first kappa shape index (κ1) is 18.4. The lowest BCUT2D eigenvalue weighted by atomic mass is 9.84. The second-order valence-corrected chi connectivity index (χ2v) is 7.12. The Morgan fingerprint density at radius 1 is 1.50 bits per heavy atom. The number of hydrogen-bond donors (Lipinski definition) is 1. The Hall–Kier alpha value is -2.41. The van der Waals surface area contributed by atoms with Gasteiger partial charge in [0, 0.05) is 25.1 Å². The zero-order valence-electron chi connectivity index (χ0n) is 14.9. The van der Waals surface area contributed by atoms with Crippen LogP contribution < -0.4 is 4.74 Å². The minimum atomic E-state index is -0.827. The molecule has 1 aromatic carbocycles. The van der Waals surface area contributed by atoms with Crippen molar-refractivity contribution in [1.82, 2.24) is 9.88 Å². The molecule has 7 heteroatoms. The van der Waals surface area contributed by atoms with Crippen molar-refractivity contribution in [3.63, 3.8) is 0 Å². The highest BCUT2D eigenvalue weighted by Gasteiger charge is 2.34. The van der Waals surface area contributed by atoms with Crippen molar-refractivity contribution in [2.45, 2.75) is 38.9 Å². The number of piperidine rings is 1. The number of aromatic nitrogens is 1. The van der Waals surface area contributed by atoms with E-state index in [0.29, 0.717) is 18.8 Å². The van der Waals surface area contributed by atoms with Gasteiger partial charge in [-0.25, -0.2) is 9.37 Å². The van der Waals surface area contributed by atoms with Crippen LogP contribution in [0, 0.1) is 11.7 Å². The van der Waals surface area contributed by atoms with Gasteiger partial charge in [0.2, 0.25) is 5.89 Å². The fourth-order valence-corrected chi connectivity index (χ4v) is 3.08. The van der Waals surface area contributed by atoms with Crippen LogP contribution in [0.2, 0.25) is 0 Å². The molecule has 0 bridgehead atoms. The predicted octanol–water partition coefficient (Wildman–Crippen LogP) is 3.02. The molecule has 0 spiro atoms. The fourth-order valence-electron chi connectivity index (χ4n) is 3.08. The van der Waals surface area contributed by atoms with Gasteiger partial charge in [0.1, 0.15) is 17.8 Å². The number of nitrogens with zero attached hydrogens (tertiary/aromatic N) is 2. The quantitative estimate of drug-likeness (QED) is 0.885. The van der Waals surface area contributed by atoms with Gasteiger partial charge >= 0.3 is 0 Å². The van der Waals surface area contributed by atoms with Crippen LogP contribution in [0.3, 0.4) is 0 Å². The van der Waals surface area contributed by atoms with Gasteiger partial charge in [0.25, 0.3) is 5.91 Å². The zero-order chi connectivity index (χ0) is 18.7. The molecule has 2 aromatic rings. The summed E-state index contributed by atoms with van der Waals surface area (Å²) < 4.78 is 23.9. The Morgan fingerprint density at radius 3 is 3.04 bits per heavy atom. The number of benzene rings is 1. The molecule has 1 saturated heterocycles. The van der Waals surface area contributed by atoms with Gasteiger partial charge in [0.15, 0.2) is 12.3 Å². The van der Waals surface area contributed by atoms with Gasteiger partial charge in [-0.2, -0.15) is 0 Å². The molecule has 1 fully saturated rings. The summed E-state index contributed by atoms with van der Waals surface area (Å²) in [4.78, 5) is 18.5. The van der Waals surface area contributed by atoms with E-state index in [0.717, 1.165) is 12.8 Å². The largest absolute Gasteiger partial charge is 0.484 e. The Morgan fingerprint density at radius 2 is 2.31 bits per heavy atom. The fraction of sp³-hybridized carbons (Fsp3) is 0.474. The van der Waals surface area contributed by atoms with Crippen LogP contribution in [0.25, 0.3) is 0 Å². The second-order valence-electron chi connectivity index (χ2n) is 7.12. The number of carbonyl (C=O) groups excluding carboxylic acids is 1. The number of rotatable bonds is 5. The highest BCUT2D eigenvalue weighted by atomic mass is 19.1. The highest BCUT2D eigenvalue weighted by Crippen LogP contribution is 2.27. The maximum Gasteiger partial charge on any atom is 0.275 e. The van der Waals surface area contributed by atoms with E-state index < -0.39 is 11.4 Å². The molecule has 1 amide bonds. The van der Waals surface area contributed by atoms with Gasteiger partial charge in [-0.3, -0.25) is 4.79 Å². The molecule has 140 valence electrons. The number of aliphatic hydroxyl groups is 1. The molecular formula is C19H23FN2O4. The minimum absolute atomic E-state index is 0.00301. The molecule has 3 rings (SSSR count). The number of likely N-dealkylation sites (tertiary alicyclic amines) is 1. The average molecular weight is 362 g/mol. The molecule has 1 aromatic heterocycles. The molecule has 0 unspecified atom stereocenters. The summed E-state index contributed by atoms with van der Waals surface area (Å²) in [5, 5.41) is 10.2. The van der Waals surface area contributed by atoms with Crippen LogP contribution in [0.4, 0.5) is 4.39 Å². The van der Waals surface area contributed by atoms with E-state index in [1.54, 1.807) is 30.9 Å². The van der Waals surface area contributed by atoms with Crippen LogP contribution in [0.1, 0.15) is 43.1 Å². The minimum Gasteiger partial charge on any atom is -0.484 e. The summed E-state index contributed by atoms with van der Waals surface area (Å²) in [6.07, 6.45) is 3.03. The van der Waals surface area contributed by atoms with Crippen LogP contribution in [-0.2, 0) is 6.61 Å². The van der Waals surface area contributed by atoms with E-state index >= 15 is 0 Å². The molecule has 1 N–H and O–H groups in total. The van der Waals surface area contributed by atoms with E-state index in [2.05, 4.69) is 4.98 Å². The number of halogens is 1. The van der Waals surface area contributed by atoms with Crippen LogP contribution in [0.5, 0.6) is 5.75 Å².